The van der Waals surface area contributed by atoms with Crippen LogP contribution in [0.3, 0.4) is 0 Å². The molecular formula is C17H20N2OS2. The molecule has 22 heavy (non-hydrogen) atoms. The summed E-state index contributed by atoms with van der Waals surface area (Å²) in [6.45, 7) is 2.01. The van der Waals surface area contributed by atoms with Gasteiger partial charge in [-0.25, -0.2) is 4.98 Å². The molecule has 116 valence electrons. The van der Waals surface area contributed by atoms with Crippen molar-refractivity contribution in [3.8, 4) is 0 Å². The highest BCUT2D eigenvalue weighted by atomic mass is 32.2. The van der Waals surface area contributed by atoms with Crippen LogP contribution in [0.15, 0.2) is 18.2 Å². The molecule has 5 heteroatoms. The number of piperidine rings is 1. The first-order chi connectivity index (χ1) is 10.7. The van der Waals surface area contributed by atoms with Gasteiger partial charge in [-0.05, 0) is 57.1 Å². The first kappa shape index (κ1) is 14.5. The molecule has 2 aromatic rings. The average Bonchev–Trinajstić information content (AvgIpc) is 3.01. The van der Waals surface area contributed by atoms with Gasteiger partial charge in [-0.1, -0.05) is 0 Å². The molecule has 2 atom stereocenters. The second kappa shape index (κ2) is 5.53. The number of carbonyl (C=O) groups excluding carboxylic acids is 1. The van der Waals surface area contributed by atoms with Crippen molar-refractivity contribution in [3.63, 3.8) is 0 Å². The Labute approximate surface area is 139 Å². The minimum atomic E-state index is 0.222. The third-order valence-corrected chi connectivity index (χ3v) is 6.99. The van der Waals surface area contributed by atoms with Gasteiger partial charge in [0, 0.05) is 22.9 Å². The fourth-order valence-corrected chi connectivity index (χ4v) is 5.67. The van der Waals surface area contributed by atoms with E-state index in [-0.39, 0.29) is 5.91 Å². The van der Waals surface area contributed by atoms with Gasteiger partial charge in [0.1, 0.15) is 0 Å². The smallest absolute Gasteiger partial charge is 0.254 e. The van der Waals surface area contributed by atoms with Crippen LogP contribution in [0.25, 0.3) is 10.2 Å². The number of benzene rings is 1. The highest BCUT2D eigenvalue weighted by molar-refractivity contribution is 7.99. The summed E-state index contributed by atoms with van der Waals surface area (Å²) in [5.41, 5.74) is 1.83. The Morgan fingerprint density at radius 3 is 2.73 bits per heavy atom. The summed E-state index contributed by atoms with van der Waals surface area (Å²) in [6.07, 6.45) is 6.86. The summed E-state index contributed by atoms with van der Waals surface area (Å²) in [6, 6.07) is 6.86. The number of aryl methyl sites for hydroxylation is 1. The fraction of sp³-hybridized carbons (Fsp3) is 0.529. The minimum Gasteiger partial charge on any atom is -0.333 e. The van der Waals surface area contributed by atoms with Crippen molar-refractivity contribution in [2.24, 2.45) is 0 Å². The van der Waals surface area contributed by atoms with Crippen LogP contribution in [0.5, 0.6) is 0 Å². The Morgan fingerprint density at radius 1 is 1.32 bits per heavy atom. The maximum atomic E-state index is 13.0. The van der Waals surface area contributed by atoms with E-state index >= 15 is 0 Å². The third-order valence-electron chi connectivity index (χ3n) is 5.00. The SMILES string of the molecule is CSC1CC2CCC(C1)N2C(=O)c1ccc2nc(C)sc2c1. The maximum Gasteiger partial charge on any atom is 0.254 e. The predicted octanol–water partition coefficient (Wildman–Crippen LogP) is 4.10. The normalized spacial score (nSPS) is 27.5. The van der Waals surface area contributed by atoms with Gasteiger partial charge in [0.05, 0.1) is 15.2 Å². The van der Waals surface area contributed by atoms with Crippen molar-refractivity contribution in [3.05, 3.63) is 28.8 Å². The van der Waals surface area contributed by atoms with Crippen molar-refractivity contribution >= 4 is 39.2 Å². The summed E-state index contributed by atoms with van der Waals surface area (Å²) in [7, 11) is 0. The van der Waals surface area contributed by atoms with Crippen molar-refractivity contribution < 1.29 is 4.79 Å². The van der Waals surface area contributed by atoms with Gasteiger partial charge < -0.3 is 4.90 Å². The summed E-state index contributed by atoms with van der Waals surface area (Å²) in [5, 5.41) is 1.79. The Kier molecular flexibility index (Phi) is 3.65. The molecule has 0 aliphatic carbocycles. The second-order valence-electron chi connectivity index (χ2n) is 6.34. The molecule has 2 fully saturated rings. The van der Waals surface area contributed by atoms with Crippen molar-refractivity contribution in [2.75, 3.05) is 6.26 Å². The van der Waals surface area contributed by atoms with Crippen LogP contribution in [-0.4, -0.2) is 39.4 Å². The van der Waals surface area contributed by atoms with E-state index in [4.69, 9.17) is 0 Å². The zero-order chi connectivity index (χ0) is 15.3. The van der Waals surface area contributed by atoms with Crippen LogP contribution in [0.2, 0.25) is 0 Å². The van der Waals surface area contributed by atoms with Crippen molar-refractivity contribution in [1.29, 1.82) is 0 Å². The fourth-order valence-electron chi connectivity index (χ4n) is 3.97. The molecule has 2 unspecified atom stereocenters. The van der Waals surface area contributed by atoms with Gasteiger partial charge in [0.25, 0.3) is 5.91 Å². The summed E-state index contributed by atoms with van der Waals surface area (Å²) >= 11 is 3.63. The van der Waals surface area contributed by atoms with Crippen LogP contribution < -0.4 is 0 Å². The number of rotatable bonds is 2. The van der Waals surface area contributed by atoms with E-state index in [0.717, 1.165) is 38.9 Å². The van der Waals surface area contributed by atoms with Crippen LogP contribution in [0, 0.1) is 6.92 Å². The molecular weight excluding hydrogens is 312 g/mol. The molecule has 4 rings (SSSR count). The molecule has 1 aromatic carbocycles. The zero-order valence-corrected chi connectivity index (χ0v) is 14.5. The van der Waals surface area contributed by atoms with Gasteiger partial charge in [-0.15, -0.1) is 11.3 Å². The van der Waals surface area contributed by atoms with E-state index in [2.05, 4.69) is 16.1 Å². The lowest BCUT2D eigenvalue weighted by Gasteiger charge is -2.38. The van der Waals surface area contributed by atoms with Crippen molar-refractivity contribution in [2.45, 2.75) is 49.9 Å². The van der Waals surface area contributed by atoms with E-state index in [1.807, 2.05) is 36.9 Å². The van der Waals surface area contributed by atoms with E-state index in [1.165, 1.54) is 12.8 Å². The van der Waals surface area contributed by atoms with Gasteiger partial charge >= 0.3 is 0 Å². The Balaban J connectivity index is 1.63. The number of aromatic nitrogens is 1. The quantitative estimate of drug-likeness (QED) is 0.830. The highest BCUT2D eigenvalue weighted by Gasteiger charge is 2.43. The number of amides is 1. The molecule has 2 bridgehead atoms. The van der Waals surface area contributed by atoms with Crippen LogP contribution in [0.4, 0.5) is 0 Å². The highest BCUT2D eigenvalue weighted by Crippen LogP contribution is 2.40. The number of hydrogen-bond donors (Lipinski definition) is 0. The molecule has 2 saturated heterocycles. The van der Waals surface area contributed by atoms with Gasteiger partial charge in [-0.2, -0.15) is 11.8 Å². The summed E-state index contributed by atoms with van der Waals surface area (Å²) < 4.78 is 1.12. The monoisotopic (exact) mass is 332 g/mol. The van der Waals surface area contributed by atoms with Crippen LogP contribution in [0.1, 0.15) is 41.0 Å². The van der Waals surface area contributed by atoms with Gasteiger partial charge in [0.2, 0.25) is 0 Å². The number of thiazole rings is 1. The van der Waals surface area contributed by atoms with E-state index in [9.17, 15) is 4.79 Å². The molecule has 0 saturated carbocycles. The molecule has 0 radical (unpaired) electrons. The van der Waals surface area contributed by atoms with Gasteiger partial charge in [0.15, 0.2) is 0 Å². The number of hydrogen-bond acceptors (Lipinski definition) is 4. The molecule has 3 heterocycles. The summed E-state index contributed by atoms with van der Waals surface area (Å²) in [5.74, 6) is 0.222. The summed E-state index contributed by atoms with van der Waals surface area (Å²) in [4.78, 5) is 19.7. The van der Waals surface area contributed by atoms with Crippen LogP contribution >= 0.6 is 23.1 Å². The van der Waals surface area contributed by atoms with E-state index in [0.29, 0.717) is 12.1 Å². The van der Waals surface area contributed by atoms with Crippen LogP contribution in [-0.2, 0) is 0 Å². The largest absolute Gasteiger partial charge is 0.333 e. The maximum absolute atomic E-state index is 13.0. The molecule has 3 nitrogen and oxygen atoms in total. The minimum absolute atomic E-state index is 0.222. The van der Waals surface area contributed by atoms with E-state index < -0.39 is 0 Å². The standard InChI is InChI=1S/C17H20N2OS2/c1-10-18-15-6-3-11(7-16(15)22-10)17(20)19-12-4-5-13(19)9-14(8-12)21-2/h3,6-7,12-14H,4-5,8-9H2,1-2H3. The van der Waals surface area contributed by atoms with Crippen molar-refractivity contribution in [1.82, 2.24) is 9.88 Å². The molecule has 2 aliphatic heterocycles. The Morgan fingerprint density at radius 2 is 2.05 bits per heavy atom. The van der Waals surface area contributed by atoms with E-state index in [1.54, 1.807) is 11.3 Å². The Bertz CT molecular complexity index is 713. The molecule has 0 spiro atoms. The lowest BCUT2D eigenvalue weighted by atomic mass is 10.0. The zero-order valence-electron chi connectivity index (χ0n) is 12.9. The average molecular weight is 332 g/mol. The number of fused-ring (bicyclic) bond motifs is 3. The molecule has 1 aromatic heterocycles. The second-order valence-corrected chi connectivity index (χ2v) is 8.71. The predicted molar refractivity (Wildman–Crippen MR) is 93.9 cm³/mol. The van der Waals surface area contributed by atoms with Gasteiger partial charge in [-0.3, -0.25) is 4.79 Å². The molecule has 0 N–H and O–H groups in total. The first-order valence-electron chi connectivity index (χ1n) is 7.88. The lowest BCUT2D eigenvalue weighted by molar-refractivity contribution is 0.0602. The Hall–Kier alpha value is -1.07. The lowest BCUT2D eigenvalue weighted by Crippen LogP contribution is -2.47. The topological polar surface area (TPSA) is 33.2 Å². The molecule has 1 amide bonds. The number of nitrogens with zero attached hydrogens (tertiary/aromatic N) is 2. The first-order valence-corrected chi connectivity index (χ1v) is 9.99. The third kappa shape index (κ3) is 2.35. The number of carbonyl (C=O) groups is 1. The number of thioether (sulfide) groups is 1. The molecule has 2 aliphatic rings.